The number of likely N-dealkylation sites (N-methyl/N-ethyl adjacent to an activating group) is 1. The fourth-order valence-corrected chi connectivity index (χ4v) is 1.41. The van der Waals surface area contributed by atoms with Gasteiger partial charge in [-0.1, -0.05) is 20.8 Å². The van der Waals surface area contributed by atoms with Crippen molar-refractivity contribution < 1.29 is 4.79 Å². The molecule has 0 aliphatic carbocycles. The first-order valence-corrected chi connectivity index (χ1v) is 5.19. The standard InChI is InChI=1S/C11H23NO/c1-6-11(13)8-12(5)10(4)7-9(2)3/h9-10H,6-8H2,1-5H3. The lowest BCUT2D eigenvalue weighted by Gasteiger charge is -2.25. The van der Waals surface area contributed by atoms with Gasteiger partial charge in [0.05, 0.1) is 6.54 Å². The van der Waals surface area contributed by atoms with Gasteiger partial charge in [0.25, 0.3) is 0 Å². The molecule has 0 saturated carbocycles. The third-order valence-electron chi connectivity index (χ3n) is 2.39. The van der Waals surface area contributed by atoms with Crippen molar-refractivity contribution in [3.05, 3.63) is 0 Å². The topological polar surface area (TPSA) is 20.3 Å². The molecule has 0 aromatic carbocycles. The van der Waals surface area contributed by atoms with Crippen molar-refractivity contribution >= 4 is 5.78 Å². The van der Waals surface area contributed by atoms with Crippen molar-refractivity contribution in [3.8, 4) is 0 Å². The van der Waals surface area contributed by atoms with Crippen LogP contribution in [0.1, 0.15) is 40.5 Å². The van der Waals surface area contributed by atoms with E-state index in [1.54, 1.807) is 0 Å². The summed E-state index contributed by atoms with van der Waals surface area (Å²) in [6, 6.07) is 0.510. The van der Waals surface area contributed by atoms with Crippen LogP contribution in [-0.4, -0.2) is 30.3 Å². The van der Waals surface area contributed by atoms with E-state index < -0.39 is 0 Å². The monoisotopic (exact) mass is 185 g/mol. The molecule has 0 bridgehead atoms. The van der Waals surface area contributed by atoms with E-state index in [0.29, 0.717) is 30.7 Å². The molecule has 0 fully saturated rings. The number of nitrogens with zero attached hydrogens (tertiary/aromatic N) is 1. The molecular weight excluding hydrogens is 162 g/mol. The minimum atomic E-state index is 0.332. The Morgan fingerprint density at radius 1 is 1.31 bits per heavy atom. The molecule has 0 aliphatic rings. The minimum absolute atomic E-state index is 0.332. The van der Waals surface area contributed by atoms with E-state index in [9.17, 15) is 4.79 Å². The van der Waals surface area contributed by atoms with Crippen LogP contribution in [-0.2, 0) is 4.79 Å². The highest BCUT2D eigenvalue weighted by atomic mass is 16.1. The fourth-order valence-electron chi connectivity index (χ4n) is 1.41. The maximum absolute atomic E-state index is 11.2. The summed E-state index contributed by atoms with van der Waals surface area (Å²) < 4.78 is 0. The summed E-state index contributed by atoms with van der Waals surface area (Å²) in [6.45, 7) is 9.13. The van der Waals surface area contributed by atoms with E-state index in [1.807, 2.05) is 14.0 Å². The Bertz CT molecular complexity index is 154. The Kier molecular flexibility index (Phi) is 5.97. The van der Waals surface area contributed by atoms with Crippen LogP contribution in [0.3, 0.4) is 0 Å². The van der Waals surface area contributed by atoms with Gasteiger partial charge in [0, 0.05) is 12.5 Å². The molecule has 0 N–H and O–H groups in total. The molecule has 0 rings (SSSR count). The molecule has 13 heavy (non-hydrogen) atoms. The normalized spacial score (nSPS) is 13.8. The quantitative estimate of drug-likeness (QED) is 0.633. The predicted octanol–water partition coefficient (Wildman–Crippen LogP) is 2.33. The lowest BCUT2D eigenvalue weighted by atomic mass is 10.0. The number of hydrogen-bond donors (Lipinski definition) is 0. The van der Waals surface area contributed by atoms with Crippen LogP contribution in [0.25, 0.3) is 0 Å². The maximum Gasteiger partial charge on any atom is 0.146 e. The van der Waals surface area contributed by atoms with Crippen molar-refractivity contribution in [2.24, 2.45) is 5.92 Å². The second-order valence-electron chi connectivity index (χ2n) is 4.29. The Labute approximate surface area is 82.3 Å². The van der Waals surface area contributed by atoms with Crippen LogP contribution in [0.15, 0.2) is 0 Å². The number of rotatable bonds is 6. The molecule has 2 nitrogen and oxygen atoms in total. The van der Waals surface area contributed by atoms with Crippen LogP contribution in [0, 0.1) is 5.92 Å². The second kappa shape index (κ2) is 6.14. The number of ketones is 1. The average molecular weight is 185 g/mol. The molecule has 0 amide bonds. The van der Waals surface area contributed by atoms with E-state index in [-0.39, 0.29) is 0 Å². The number of carbonyl (C=O) groups excluding carboxylic acids is 1. The van der Waals surface area contributed by atoms with E-state index in [2.05, 4.69) is 25.7 Å². The minimum Gasteiger partial charge on any atom is -0.298 e. The highest BCUT2D eigenvalue weighted by Crippen LogP contribution is 2.09. The van der Waals surface area contributed by atoms with Crippen LogP contribution in [0.2, 0.25) is 0 Å². The number of hydrogen-bond acceptors (Lipinski definition) is 2. The first-order chi connectivity index (χ1) is 5.97. The van der Waals surface area contributed by atoms with Gasteiger partial charge in [-0.3, -0.25) is 9.69 Å². The zero-order chi connectivity index (χ0) is 10.4. The fraction of sp³-hybridized carbons (Fsp3) is 0.909. The summed E-state index contributed by atoms with van der Waals surface area (Å²) in [5.41, 5.74) is 0. The summed E-state index contributed by atoms with van der Waals surface area (Å²) in [5, 5.41) is 0. The summed E-state index contributed by atoms with van der Waals surface area (Å²) in [5.74, 6) is 1.03. The van der Waals surface area contributed by atoms with Crippen molar-refractivity contribution in [2.45, 2.75) is 46.6 Å². The summed E-state index contributed by atoms with van der Waals surface area (Å²) in [6.07, 6.45) is 1.81. The smallest absolute Gasteiger partial charge is 0.146 e. The van der Waals surface area contributed by atoms with Gasteiger partial charge < -0.3 is 0 Å². The average Bonchev–Trinajstić information content (AvgIpc) is 2.02. The summed E-state index contributed by atoms with van der Waals surface area (Å²) in [4.78, 5) is 13.3. The first-order valence-electron chi connectivity index (χ1n) is 5.19. The van der Waals surface area contributed by atoms with E-state index in [4.69, 9.17) is 0 Å². The van der Waals surface area contributed by atoms with Gasteiger partial charge in [0.15, 0.2) is 0 Å². The Hall–Kier alpha value is -0.370. The number of carbonyl (C=O) groups is 1. The molecule has 0 saturated heterocycles. The van der Waals surface area contributed by atoms with Crippen LogP contribution >= 0.6 is 0 Å². The zero-order valence-corrected chi connectivity index (χ0v) is 9.63. The van der Waals surface area contributed by atoms with Gasteiger partial charge in [0.2, 0.25) is 0 Å². The van der Waals surface area contributed by atoms with E-state index in [0.717, 1.165) is 6.42 Å². The van der Waals surface area contributed by atoms with Gasteiger partial charge in [0.1, 0.15) is 5.78 Å². The number of Topliss-reactive ketones (excluding diaryl/α,β-unsaturated/α-hetero) is 1. The first kappa shape index (κ1) is 12.6. The second-order valence-corrected chi connectivity index (χ2v) is 4.29. The van der Waals surface area contributed by atoms with E-state index >= 15 is 0 Å². The molecule has 0 spiro atoms. The molecule has 0 aliphatic heterocycles. The van der Waals surface area contributed by atoms with Gasteiger partial charge in [-0.15, -0.1) is 0 Å². The lowest BCUT2D eigenvalue weighted by molar-refractivity contribution is -0.120. The Balaban J connectivity index is 3.81. The third-order valence-corrected chi connectivity index (χ3v) is 2.39. The highest BCUT2D eigenvalue weighted by molar-refractivity contribution is 5.80. The van der Waals surface area contributed by atoms with Gasteiger partial charge in [-0.25, -0.2) is 0 Å². The van der Waals surface area contributed by atoms with Crippen molar-refractivity contribution in [3.63, 3.8) is 0 Å². The largest absolute Gasteiger partial charge is 0.298 e. The van der Waals surface area contributed by atoms with Crippen LogP contribution in [0.5, 0.6) is 0 Å². The summed E-state index contributed by atoms with van der Waals surface area (Å²) >= 11 is 0. The Morgan fingerprint density at radius 2 is 1.85 bits per heavy atom. The molecule has 2 heteroatoms. The van der Waals surface area contributed by atoms with Gasteiger partial charge in [-0.05, 0) is 26.3 Å². The van der Waals surface area contributed by atoms with Crippen molar-refractivity contribution in [1.29, 1.82) is 0 Å². The Morgan fingerprint density at radius 3 is 2.23 bits per heavy atom. The molecule has 0 heterocycles. The summed E-state index contributed by atoms with van der Waals surface area (Å²) in [7, 11) is 2.03. The van der Waals surface area contributed by atoms with Crippen LogP contribution < -0.4 is 0 Å². The van der Waals surface area contributed by atoms with Crippen molar-refractivity contribution in [1.82, 2.24) is 4.90 Å². The van der Waals surface area contributed by atoms with Gasteiger partial charge in [-0.2, -0.15) is 0 Å². The maximum atomic E-state index is 11.2. The molecule has 1 atom stereocenters. The third kappa shape index (κ3) is 5.81. The van der Waals surface area contributed by atoms with Crippen molar-refractivity contribution in [2.75, 3.05) is 13.6 Å². The molecule has 78 valence electrons. The molecule has 1 unspecified atom stereocenters. The SMILES string of the molecule is CCC(=O)CN(C)C(C)CC(C)C. The molecule has 0 radical (unpaired) electrons. The molecule has 0 aromatic rings. The lowest BCUT2D eigenvalue weighted by Crippen LogP contribution is -2.34. The van der Waals surface area contributed by atoms with Crippen LogP contribution in [0.4, 0.5) is 0 Å². The molecular formula is C11H23NO. The zero-order valence-electron chi connectivity index (χ0n) is 9.63. The highest BCUT2D eigenvalue weighted by Gasteiger charge is 2.12. The molecule has 0 aromatic heterocycles. The predicted molar refractivity (Wildman–Crippen MR) is 56.8 cm³/mol. The van der Waals surface area contributed by atoms with Gasteiger partial charge >= 0.3 is 0 Å². The van der Waals surface area contributed by atoms with E-state index in [1.165, 1.54) is 0 Å².